The van der Waals surface area contributed by atoms with Crippen molar-refractivity contribution in [1.82, 2.24) is 4.98 Å². The molecule has 0 fully saturated rings. The van der Waals surface area contributed by atoms with Gasteiger partial charge in [-0.25, -0.2) is 4.98 Å². The number of nitrogens with zero attached hydrogens (tertiary/aromatic N) is 1. The molecule has 1 aliphatic rings. The molecule has 1 aromatic rings. The third-order valence-electron chi connectivity index (χ3n) is 7.46. The molecular formula is C29H45NO5S. The van der Waals surface area contributed by atoms with Gasteiger partial charge in [0.25, 0.3) is 0 Å². The van der Waals surface area contributed by atoms with E-state index in [1.54, 1.807) is 25.2 Å². The number of ketones is 1. The van der Waals surface area contributed by atoms with Crippen LogP contribution in [0, 0.1) is 30.6 Å². The molecule has 7 atom stereocenters. The molecule has 0 spiro atoms. The molecule has 0 saturated carbocycles. The van der Waals surface area contributed by atoms with Crippen molar-refractivity contribution in [2.75, 3.05) is 0 Å². The average molecular weight is 520 g/mol. The number of hydrogen-bond donors (Lipinski definition) is 2. The molecule has 36 heavy (non-hydrogen) atoms. The first-order chi connectivity index (χ1) is 16.9. The van der Waals surface area contributed by atoms with Crippen molar-refractivity contribution in [3.63, 3.8) is 0 Å². The Balaban J connectivity index is 2.28. The Kier molecular flexibility index (Phi) is 12.0. The minimum absolute atomic E-state index is 0.0270. The topological polar surface area (TPSA) is 96.7 Å². The van der Waals surface area contributed by atoms with E-state index in [1.165, 1.54) is 5.57 Å². The van der Waals surface area contributed by atoms with Crippen LogP contribution in [0.1, 0.15) is 90.8 Å². The molecule has 7 heteroatoms. The van der Waals surface area contributed by atoms with Gasteiger partial charge in [0.15, 0.2) is 0 Å². The predicted octanol–water partition coefficient (Wildman–Crippen LogP) is 5.90. The van der Waals surface area contributed by atoms with Crippen LogP contribution in [0.2, 0.25) is 0 Å². The standard InChI is InChI=1S/C29H45NO5S/c1-17-9-8-10-18(2)13-20(4)28(33)22(6)29(34)21(5)25(31)15-27(32)35-26(12-11-17)19(3)14-24-16-36-23(7)30-24/h11,14,16,18,20-22,25-26,28,31,33H,8-10,12-13,15H2,1-7H3/b17-11?,19-14+/t18?,20-,21+,22+,25-,26-,28-/m0/s1. The van der Waals surface area contributed by atoms with Gasteiger partial charge in [0.2, 0.25) is 0 Å². The smallest absolute Gasteiger partial charge is 0.309 e. The number of carbonyl (C=O) groups is 2. The summed E-state index contributed by atoms with van der Waals surface area (Å²) in [6.45, 7) is 13.5. The Morgan fingerprint density at radius 1 is 1.14 bits per heavy atom. The predicted molar refractivity (Wildman–Crippen MR) is 146 cm³/mol. The van der Waals surface area contributed by atoms with Gasteiger partial charge in [-0.15, -0.1) is 11.3 Å². The molecule has 2 N–H and O–H groups in total. The van der Waals surface area contributed by atoms with Gasteiger partial charge >= 0.3 is 5.97 Å². The maximum Gasteiger partial charge on any atom is 0.309 e. The van der Waals surface area contributed by atoms with Crippen molar-refractivity contribution < 1.29 is 24.5 Å². The molecule has 0 aromatic carbocycles. The van der Waals surface area contributed by atoms with Crippen LogP contribution in [0.5, 0.6) is 0 Å². The van der Waals surface area contributed by atoms with Crippen LogP contribution in [0.3, 0.4) is 0 Å². The maximum absolute atomic E-state index is 13.0. The van der Waals surface area contributed by atoms with Crippen LogP contribution < -0.4 is 0 Å². The lowest BCUT2D eigenvalue weighted by molar-refractivity contribution is -0.151. The minimum atomic E-state index is -1.17. The van der Waals surface area contributed by atoms with Gasteiger partial charge in [0, 0.05) is 23.6 Å². The molecule has 2 heterocycles. The summed E-state index contributed by atoms with van der Waals surface area (Å²) >= 11 is 1.57. The second kappa shape index (κ2) is 14.2. The number of ether oxygens (including phenoxy) is 1. The molecule has 2 rings (SSSR count). The number of cyclic esters (lactones) is 1. The number of allylic oxidation sites excluding steroid dienone is 1. The van der Waals surface area contributed by atoms with E-state index in [4.69, 9.17) is 4.74 Å². The van der Waals surface area contributed by atoms with Gasteiger partial charge in [-0.2, -0.15) is 0 Å². The summed E-state index contributed by atoms with van der Waals surface area (Å²) in [7, 11) is 0. The number of hydrogen-bond acceptors (Lipinski definition) is 7. The summed E-state index contributed by atoms with van der Waals surface area (Å²) in [6.07, 6.45) is 5.79. The number of thiazole rings is 1. The number of aromatic nitrogens is 1. The minimum Gasteiger partial charge on any atom is -0.457 e. The quantitative estimate of drug-likeness (QED) is 0.373. The zero-order chi connectivity index (χ0) is 27.0. The van der Waals surface area contributed by atoms with E-state index in [-0.39, 0.29) is 18.1 Å². The Hall–Kier alpha value is -1.83. The van der Waals surface area contributed by atoms with E-state index in [1.807, 2.05) is 32.2 Å². The lowest BCUT2D eigenvalue weighted by atomic mass is 9.80. The van der Waals surface area contributed by atoms with E-state index in [9.17, 15) is 19.8 Å². The van der Waals surface area contributed by atoms with E-state index >= 15 is 0 Å². The van der Waals surface area contributed by atoms with Gasteiger partial charge in [-0.05, 0) is 63.5 Å². The van der Waals surface area contributed by atoms with Gasteiger partial charge < -0.3 is 14.9 Å². The van der Waals surface area contributed by atoms with Crippen molar-refractivity contribution >= 4 is 29.2 Å². The molecule has 0 amide bonds. The number of aliphatic hydroxyl groups is 2. The summed E-state index contributed by atoms with van der Waals surface area (Å²) in [5, 5.41) is 24.5. The van der Waals surface area contributed by atoms with Crippen molar-refractivity contribution in [3.05, 3.63) is 33.3 Å². The van der Waals surface area contributed by atoms with E-state index in [2.05, 4.69) is 24.9 Å². The van der Waals surface area contributed by atoms with Crippen LogP contribution in [-0.2, 0) is 14.3 Å². The molecule has 1 aliphatic heterocycles. The highest BCUT2D eigenvalue weighted by Gasteiger charge is 2.34. The van der Waals surface area contributed by atoms with Crippen LogP contribution in [0.25, 0.3) is 6.08 Å². The molecule has 1 aromatic heterocycles. The third-order valence-corrected chi connectivity index (χ3v) is 8.25. The maximum atomic E-state index is 13.0. The number of Topliss-reactive ketones (excluding diaryl/α,β-unsaturated/α-hetero) is 1. The molecule has 6 nitrogen and oxygen atoms in total. The van der Waals surface area contributed by atoms with E-state index in [0.29, 0.717) is 12.3 Å². The fourth-order valence-corrected chi connectivity index (χ4v) is 5.52. The summed E-state index contributed by atoms with van der Waals surface area (Å²) < 4.78 is 5.82. The van der Waals surface area contributed by atoms with E-state index in [0.717, 1.165) is 42.0 Å². The van der Waals surface area contributed by atoms with Gasteiger partial charge in [-0.3, -0.25) is 9.59 Å². The SMILES string of the molecule is CC1=CC[C@@H](/C(C)=C/c2csc(C)n2)OC(=O)C[C@H](O)[C@@H](C)C(=O)[C@H](C)[C@@H](O)[C@@H](C)CC(C)CCC1. The summed E-state index contributed by atoms with van der Waals surface area (Å²) in [6, 6.07) is 0. The van der Waals surface area contributed by atoms with Gasteiger partial charge in [-0.1, -0.05) is 45.8 Å². The number of rotatable bonds is 2. The molecule has 0 bridgehead atoms. The van der Waals surface area contributed by atoms with Crippen molar-refractivity contribution in [1.29, 1.82) is 0 Å². The van der Waals surface area contributed by atoms with Crippen molar-refractivity contribution in [2.45, 2.75) is 105 Å². The molecule has 0 radical (unpaired) electrons. The normalized spacial score (nSPS) is 32.9. The Labute approximate surface area is 220 Å². The summed E-state index contributed by atoms with van der Waals surface area (Å²) in [5.41, 5.74) is 2.97. The second-order valence-electron chi connectivity index (χ2n) is 10.9. The fourth-order valence-electron chi connectivity index (χ4n) is 4.95. The Morgan fingerprint density at radius 3 is 2.47 bits per heavy atom. The monoisotopic (exact) mass is 519 g/mol. The number of aliphatic hydroxyl groups excluding tert-OH is 2. The fraction of sp³-hybridized carbons (Fsp3) is 0.690. The van der Waals surface area contributed by atoms with Crippen LogP contribution in [0.4, 0.5) is 0 Å². The number of carbonyl (C=O) groups excluding carboxylic acids is 2. The molecule has 0 aliphatic carbocycles. The van der Waals surface area contributed by atoms with E-state index < -0.39 is 36.1 Å². The highest BCUT2D eigenvalue weighted by molar-refractivity contribution is 7.09. The molecule has 0 saturated heterocycles. The van der Waals surface area contributed by atoms with Crippen LogP contribution in [-0.4, -0.2) is 45.3 Å². The lowest BCUT2D eigenvalue weighted by Crippen LogP contribution is -2.39. The first-order valence-electron chi connectivity index (χ1n) is 13.2. The largest absolute Gasteiger partial charge is 0.457 e. The Morgan fingerprint density at radius 2 is 1.83 bits per heavy atom. The first-order valence-corrected chi connectivity index (χ1v) is 14.1. The number of esters is 1. The summed E-state index contributed by atoms with van der Waals surface area (Å²) in [4.78, 5) is 30.3. The van der Waals surface area contributed by atoms with Gasteiger partial charge in [0.05, 0.1) is 29.3 Å². The molecule has 202 valence electrons. The zero-order valence-corrected chi connectivity index (χ0v) is 23.8. The van der Waals surface area contributed by atoms with Crippen molar-refractivity contribution in [2.24, 2.45) is 23.7 Å². The highest BCUT2D eigenvalue weighted by atomic mass is 32.1. The average Bonchev–Trinajstić information content (AvgIpc) is 3.23. The lowest BCUT2D eigenvalue weighted by Gasteiger charge is -2.29. The van der Waals surface area contributed by atoms with Gasteiger partial charge in [0.1, 0.15) is 11.9 Å². The first kappa shape index (κ1) is 30.4. The zero-order valence-electron chi connectivity index (χ0n) is 23.0. The second-order valence-corrected chi connectivity index (χ2v) is 12.0. The molecular weight excluding hydrogens is 474 g/mol. The third kappa shape index (κ3) is 9.24. The van der Waals surface area contributed by atoms with Crippen molar-refractivity contribution in [3.8, 4) is 0 Å². The Bertz CT molecular complexity index is 936. The number of aryl methyl sites for hydroxylation is 1. The van der Waals surface area contributed by atoms with Crippen LogP contribution >= 0.6 is 11.3 Å². The summed E-state index contributed by atoms with van der Waals surface area (Å²) in [5.74, 6) is -1.75. The van der Waals surface area contributed by atoms with Crippen LogP contribution in [0.15, 0.2) is 22.6 Å². The molecule has 1 unspecified atom stereocenters. The highest BCUT2D eigenvalue weighted by Crippen LogP contribution is 2.28.